The molecule has 122 valence electrons. The summed E-state index contributed by atoms with van der Waals surface area (Å²) in [6.45, 7) is 1.82. The zero-order valence-corrected chi connectivity index (χ0v) is 13.3. The summed E-state index contributed by atoms with van der Waals surface area (Å²) in [6, 6.07) is 7.26. The van der Waals surface area contributed by atoms with E-state index in [1.165, 1.54) is 26.2 Å². The molecule has 0 spiro atoms. The maximum atomic E-state index is 12.3. The van der Waals surface area contributed by atoms with Gasteiger partial charge in [-0.1, -0.05) is 18.2 Å². The highest BCUT2D eigenvalue weighted by atomic mass is 16.7. The highest BCUT2D eigenvalue weighted by Crippen LogP contribution is 2.55. The predicted octanol–water partition coefficient (Wildman–Crippen LogP) is 1.92. The van der Waals surface area contributed by atoms with Gasteiger partial charge in [-0.2, -0.15) is 0 Å². The molecule has 2 atom stereocenters. The SMILES string of the molecule is COC(=O)C1=C(OC)OC2N(C(=O)OC)c3ccccc3C12C. The molecule has 7 heteroatoms. The first-order chi connectivity index (χ1) is 11.0. The quantitative estimate of drug-likeness (QED) is 0.775. The van der Waals surface area contributed by atoms with Crippen molar-refractivity contribution in [1.29, 1.82) is 0 Å². The van der Waals surface area contributed by atoms with Gasteiger partial charge in [0.15, 0.2) is 6.23 Å². The van der Waals surface area contributed by atoms with Gasteiger partial charge in [0.2, 0.25) is 0 Å². The molecule has 0 saturated carbocycles. The molecular formula is C16H17NO6. The number of nitrogens with zero attached hydrogens (tertiary/aromatic N) is 1. The second kappa shape index (κ2) is 5.19. The average Bonchev–Trinajstić information content (AvgIpc) is 3.00. The maximum Gasteiger partial charge on any atom is 0.417 e. The molecule has 3 rings (SSSR count). The van der Waals surface area contributed by atoms with E-state index in [0.29, 0.717) is 5.69 Å². The number of hydrogen-bond donors (Lipinski definition) is 0. The summed E-state index contributed by atoms with van der Waals surface area (Å²) in [7, 11) is 3.98. The van der Waals surface area contributed by atoms with E-state index in [1.807, 2.05) is 19.1 Å². The Labute approximate surface area is 133 Å². The normalized spacial score (nSPS) is 24.7. The van der Waals surface area contributed by atoms with Gasteiger partial charge >= 0.3 is 12.1 Å². The molecule has 0 saturated heterocycles. The van der Waals surface area contributed by atoms with Crippen molar-refractivity contribution in [2.24, 2.45) is 0 Å². The average molecular weight is 319 g/mol. The molecule has 2 aliphatic rings. The fraction of sp³-hybridized carbons (Fsp3) is 0.375. The van der Waals surface area contributed by atoms with Crippen molar-refractivity contribution >= 4 is 17.7 Å². The van der Waals surface area contributed by atoms with Gasteiger partial charge in [-0.15, -0.1) is 0 Å². The summed E-state index contributed by atoms with van der Waals surface area (Å²) in [5.41, 5.74) is 0.723. The number of fused-ring (bicyclic) bond motifs is 3. The van der Waals surface area contributed by atoms with Crippen molar-refractivity contribution in [2.45, 2.75) is 18.6 Å². The second-order valence-corrected chi connectivity index (χ2v) is 5.39. The molecule has 1 aromatic carbocycles. The lowest BCUT2D eigenvalue weighted by molar-refractivity contribution is -0.137. The van der Waals surface area contributed by atoms with Gasteiger partial charge in [0.1, 0.15) is 5.57 Å². The number of methoxy groups -OCH3 is 3. The topological polar surface area (TPSA) is 74.3 Å². The van der Waals surface area contributed by atoms with Gasteiger partial charge < -0.3 is 18.9 Å². The van der Waals surface area contributed by atoms with Crippen LogP contribution in [0.2, 0.25) is 0 Å². The Balaban J connectivity index is 2.24. The number of para-hydroxylation sites is 1. The van der Waals surface area contributed by atoms with E-state index in [-0.39, 0.29) is 11.5 Å². The van der Waals surface area contributed by atoms with Gasteiger partial charge in [0.05, 0.1) is 32.4 Å². The second-order valence-electron chi connectivity index (χ2n) is 5.39. The van der Waals surface area contributed by atoms with Crippen LogP contribution in [0, 0.1) is 0 Å². The molecule has 0 bridgehead atoms. The van der Waals surface area contributed by atoms with E-state index in [9.17, 15) is 9.59 Å². The third-order valence-electron chi connectivity index (χ3n) is 4.34. The van der Waals surface area contributed by atoms with Crippen LogP contribution in [0.5, 0.6) is 0 Å². The fourth-order valence-electron chi connectivity index (χ4n) is 3.28. The number of carbonyl (C=O) groups excluding carboxylic acids is 2. The Kier molecular flexibility index (Phi) is 3.43. The molecule has 0 aromatic heterocycles. The van der Waals surface area contributed by atoms with Gasteiger partial charge in [-0.25, -0.2) is 14.5 Å². The number of rotatable bonds is 2. The van der Waals surface area contributed by atoms with Crippen LogP contribution in [0.25, 0.3) is 0 Å². The molecule has 0 aliphatic carbocycles. The van der Waals surface area contributed by atoms with Crippen LogP contribution >= 0.6 is 0 Å². The first-order valence-electron chi connectivity index (χ1n) is 7.01. The highest BCUT2D eigenvalue weighted by Gasteiger charge is 2.62. The molecule has 0 fully saturated rings. The number of hydrogen-bond acceptors (Lipinski definition) is 6. The van der Waals surface area contributed by atoms with Crippen molar-refractivity contribution < 1.29 is 28.5 Å². The summed E-state index contributed by atoms with van der Waals surface area (Å²) in [5, 5.41) is 0. The molecule has 1 aromatic rings. The Morgan fingerprint density at radius 1 is 1.17 bits per heavy atom. The van der Waals surface area contributed by atoms with Crippen molar-refractivity contribution in [1.82, 2.24) is 0 Å². The Morgan fingerprint density at radius 3 is 2.48 bits per heavy atom. The number of esters is 1. The van der Waals surface area contributed by atoms with Crippen molar-refractivity contribution in [3.8, 4) is 0 Å². The zero-order valence-electron chi connectivity index (χ0n) is 13.3. The number of carbonyl (C=O) groups is 2. The summed E-state index contributed by atoms with van der Waals surface area (Å²) < 4.78 is 20.7. The van der Waals surface area contributed by atoms with Crippen LogP contribution in [-0.4, -0.2) is 39.6 Å². The summed E-state index contributed by atoms with van der Waals surface area (Å²) >= 11 is 0. The lowest BCUT2D eigenvalue weighted by Crippen LogP contribution is -2.46. The van der Waals surface area contributed by atoms with E-state index < -0.39 is 23.7 Å². The molecular weight excluding hydrogens is 302 g/mol. The van der Waals surface area contributed by atoms with Crippen LogP contribution in [0.1, 0.15) is 12.5 Å². The van der Waals surface area contributed by atoms with Crippen LogP contribution < -0.4 is 4.90 Å². The third-order valence-corrected chi connectivity index (χ3v) is 4.34. The molecule has 0 radical (unpaired) electrons. The fourth-order valence-corrected chi connectivity index (χ4v) is 3.28. The van der Waals surface area contributed by atoms with Crippen molar-refractivity contribution in [2.75, 3.05) is 26.2 Å². The molecule has 2 unspecified atom stereocenters. The third kappa shape index (κ3) is 1.82. The van der Waals surface area contributed by atoms with Crippen LogP contribution in [0.4, 0.5) is 10.5 Å². The van der Waals surface area contributed by atoms with Crippen LogP contribution in [0.15, 0.2) is 35.8 Å². The monoisotopic (exact) mass is 319 g/mol. The summed E-state index contributed by atoms with van der Waals surface area (Å²) in [4.78, 5) is 25.9. The minimum atomic E-state index is -0.913. The van der Waals surface area contributed by atoms with E-state index in [0.717, 1.165) is 5.56 Å². The lowest BCUT2D eigenvalue weighted by atomic mass is 9.77. The van der Waals surface area contributed by atoms with Gasteiger partial charge in [-0.05, 0) is 18.6 Å². The summed E-state index contributed by atoms with van der Waals surface area (Å²) in [6.07, 6.45) is -1.36. The first kappa shape index (κ1) is 15.2. The van der Waals surface area contributed by atoms with E-state index >= 15 is 0 Å². The molecule has 2 aliphatic heterocycles. The predicted molar refractivity (Wildman–Crippen MR) is 79.6 cm³/mol. The molecule has 7 nitrogen and oxygen atoms in total. The molecule has 2 heterocycles. The van der Waals surface area contributed by atoms with Crippen molar-refractivity contribution in [3.63, 3.8) is 0 Å². The Hall–Kier alpha value is -2.70. The van der Waals surface area contributed by atoms with E-state index in [2.05, 4.69) is 0 Å². The number of anilines is 1. The van der Waals surface area contributed by atoms with Gasteiger partial charge in [-0.3, -0.25) is 0 Å². The summed E-state index contributed by atoms with van der Waals surface area (Å²) in [5.74, 6) is -0.513. The Bertz CT molecular complexity index is 712. The standard InChI is InChI=1S/C16H17NO6/c1-16-9-7-5-6-8-10(9)17(15(19)22-4)14(16)23-13(21-3)11(16)12(18)20-2/h5-8,14H,1-4H3. The molecule has 0 N–H and O–H groups in total. The smallest absolute Gasteiger partial charge is 0.417 e. The largest absolute Gasteiger partial charge is 0.468 e. The molecule has 23 heavy (non-hydrogen) atoms. The van der Waals surface area contributed by atoms with Gasteiger partial charge in [0, 0.05) is 0 Å². The zero-order chi connectivity index (χ0) is 16.8. The van der Waals surface area contributed by atoms with E-state index in [1.54, 1.807) is 12.1 Å². The first-order valence-corrected chi connectivity index (χ1v) is 7.01. The van der Waals surface area contributed by atoms with E-state index in [4.69, 9.17) is 18.9 Å². The van der Waals surface area contributed by atoms with Crippen LogP contribution in [0.3, 0.4) is 0 Å². The Morgan fingerprint density at radius 2 is 1.87 bits per heavy atom. The lowest BCUT2D eigenvalue weighted by Gasteiger charge is -2.28. The minimum absolute atomic E-state index is 0.0488. The minimum Gasteiger partial charge on any atom is -0.468 e. The number of amides is 1. The van der Waals surface area contributed by atoms with Crippen molar-refractivity contribution in [3.05, 3.63) is 41.3 Å². The number of benzene rings is 1. The number of ether oxygens (including phenoxy) is 4. The van der Waals surface area contributed by atoms with Crippen LogP contribution in [-0.2, 0) is 29.2 Å². The maximum absolute atomic E-state index is 12.3. The highest BCUT2D eigenvalue weighted by molar-refractivity contribution is 5.99. The molecule has 1 amide bonds. The van der Waals surface area contributed by atoms with Gasteiger partial charge in [0.25, 0.3) is 5.95 Å².